The molecule has 2 aromatic heterocycles. The third kappa shape index (κ3) is 6.99. The summed E-state index contributed by atoms with van der Waals surface area (Å²) in [7, 11) is -8.28. The minimum atomic E-state index is -3.02. The van der Waals surface area contributed by atoms with Crippen molar-refractivity contribution in [1.29, 1.82) is 0 Å². The number of carbonyl (C=O) groups is 1. The van der Waals surface area contributed by atoms with Gasteiger partial charge in [-0.15, -0.1) is 0 Å². The second kappa shape index (κ2) is 14.1. The van der Waals surface area contributed by atoms with E-state index >= 15 is 0 Å². The van der Waals surface area contributed by atoms with Crippen molar-refractivity contribution in [2.75, 3.05) is 11.9 Å². The Kier molecular flexibility index (Phi) is 10.9. The fraction of sp³-hybridized carbons (Fsp3) is 0.657. The number of anilines is 1. The van der Waals surface area contributed by atoms with E-state index in [0.717, 1.165) is 0 Å². The van der Waals surface area contributed by atoms with Crippen molar-refractivity contribution in [3.63, 3.8) is 0 Å². The number of nitrogens with zero attached hydrogens (tertiary/aromatic N) is 3. The lowest BCUT2D eigenvalue weighted by atomic mass is 10.1. The van der Waals surface area contributed by atoms with E-state index in [9.17, 15) is 9.59 Å². The molecular weight excluding hydrogens is 687 g/mol. The summed E-state index contributed by atoms with van der Waals surface area (Å²) in [6.45, 7) is 28.9. The molecule has 12 nitrogen and oxygen atoms in total. The SMILES string of the molecule is CC(C)[Si]1(C(C)C)OC[C@H]2O[C@@H](n3cnc4c(=O)[nH]c(NC(=O)c5ccccc5)nc43)[C@H](O[Si](C)(C)C(C)(C)C)[C@@H]2O[Si](C(C)C)(C(C)C)O1. The smallest absolute Gasteiger partial charge is 0.335 e. The fourth-order valence-electron chi connectivity index (χ4n) is 6.93. The molecule has 1 aromatic carbocycles. The number of benzene rings is 1. The second-order valence-corrected chi connectivity index (χ2v) is 30.1. The van der Waals surface area contributed by atoms with Crippen LogP contribution in [0, 0.1) is 0 Å². The zero-order chi connectivity index (χ0) is 37.0. The van der Waals surface area contributed by atoms with Gasteiger partial charge in [0.15, 0.2) is 25.7 Å². The van der Waals surface area contributed by atoms with E-state index in [4.69, 9.17) is 27.1 Å². The molecular formula is C35H57N5O7Si3. The third-order valence-electron chi connectivity index (χ3n) is 10.8. The molecule has 2 fully saturated rings. The number of amides is 1. The maximum Gasteiger partial charge on any atom is 0.335 e. The number of hydrogen-bond donors (Lipinski definition) is 2. The largest absolute Gasteiger partial charge is 0.414 e. The van der Waals surface area contributed by atoms with Crippen LogP contribution in [0.3, 0.4) is 0 Å². The number of ether oxygens (including phenoxy) is 1. The lowest BCUT2D eigenvalue weighted by Crippen LogP contribution is -2.66. The Hall–Kier alpha value is -2.51. The van der Waals surface area contributed by atoms with Crippen LogP contribution in [0.1, 0.15) is 92.7 Å². The van der Waals surface area contributed by atoms with Gasteiger partial charge in [0.1, 0.15) is 18.3 Å². The minimum Gasteiger partial charge on any atom is -0.414 e. The van der Waals surface area contributed by atoms with Gasteiger partial charge < -0.3 is 22.1 Å². The van der Waals surface area contributed by atoms with Crippen LogP contribution in [0.2, 0.25) is 40.3 Å². The summed E-state index contributed by atoms with van der Waals surface area (Å²) in [5.41, 5.74) is 0.947. The summed E-state index contributed by atoms with van der Waals surface area (Å²) in [5.74, 6) is -0.390. The fourth-order valence-corrected chi connectivity index (χ4v) is 19.4. The monoisotopic (exact) mass is 743 g/mol. The average Bonchev–Trinajstić information content (AvgIpc) is 3.57. The van der Waals surface area contributed by atoms with Crippen LogP contribution in [0.25, 0.3) is 11.2 Å². The molecule has 50 heavy (non-hydrogen) atoms. The molecule has 0 spiro atoms. The van der Waals surface area contributed by atoms with Crippen LogP contribution in [0.15, 0.2) is 41.5 Å². The predicted octanol–water partition coefficient (Wildman–Crippen LogP) is 7.62. The molecule has 0 aliphatic carbocycles. The molecule has 15 heteroatoms. The van der Waals surface area contributed by atoms with Gasteiger partial charge in [0, 0.05) is 5.56 Å². The first-order chi connectivity index (χ1) is 23.2. The van der Waals surface area contributed by atoms with Crippen molar-refractivity contribution in [2.24, 2.45) is 0 Å². The summed E-state index contributed by atoms with van der Waals surface area (Å²) in [5, 5.41) is 2.62. The number of aromatic amines is 1. The standard InChI is InChI=1S/C35H57N5O7Si3/c1-21(2)49(22(3)4)43-19-26-28(46-50(47-49,23(5)6)24(7)8)29(45-48(12,13)35(9,10)11)33(44-26)40-20-36-27-30(40)37-34(39-32(27)42)38-31(41)25-17-15-14-16-18-25/h14-18,20-24,26,28-29,33H,19H2,1-13H3,(H2,37,38,39,41,42)/t26-,28-,29-,33-/m1/s1. The van der Waals surface area contributed by atoms with Gasteiger partial charge in [0.25, 0.3) is 11.5 Å². The van der Waals surface area contributed by atoms with Gasteiger partial charge in [-0.05, 0) is 52.4 Å². The lowest BCUT2D eigenvalue weighted by molar-refractivity contribution is -0.0565. The first kappa shape index (κ1) is 38.7. The zero-order valence-electron chi connectivity index (χ0n) is 32.0. The first-order valence-corrected chi connectivity index (χ1v) is 24.8. The highest BCUT2D eigenvalue weighted by atomic mass is 28.5. The molecule has 2 N–H and O–H groups in total. The summed E-state index contributed by atoms with van der Waals surface area (Å²) < 4.78 is 38.0. The van der Waals surface area contributed by atoms with Crippen molar-refractivity contribution in [3.8, 4) is 0 Å². The van der Waals surface area contributed by atoms with Crippen LogP contribution in [-0.4, -0.2) is 75.8 Å². The van der Waals surface area contributed by atoms with Gasteiger partial charge in [0.2, 0.25) is 5.95 Å². The normalized spacial score (nSPS) is 24.2. The Morgan fingerprint density at radius 2 is 1.60 bits per heavy atom. The number of fused-ring (bicyclic) bond motifs is 2. The van der Waals surface area contributed by atoms with E-state index in [1.165, 1.54) is 0 Å². The Bertz CT molecular complexity index is 1700. The maximum absolute atomic E-state index is 13.3. The summed E-state index contributed by atoms with van der Waals surface area (Å²) in [6, 6.07) is 8.76. The van der Waals surface area contributed by atoms with Gasteiger partial charge in [-0.2, -0.15) is 4.98 Å². The van der Waals surface area contributed by atoms with Crippen molar-refractivity contribution in [2.45, 2.75) is 141 Å². The molecule has 3 aromatic rings. The second-order valence-electron chi connectivity index (χ2n) is 16.5. The average molecular weight is 744 g/mol. The van der Waals surface area contributed by atoms with Crippen molar-refractivity contribution >= 4 is 48.5 Å². The van der Waals surface area contributed by atoms with Crippen LogP contribution < -0.4 is 10.9 Å². The molecule has 5 rings (SSSR count). The molecule has 0 unspecified atom stereocenters. The molecule has 4 heterocycles. The van der Waals surface area contributed by atoms with E-state index < -0.39 is 61.4 Å². The molecule has 0 saturated carbocycles. The number of H-pyrrole nitrogens is 1. The Balaban J connectivity index is 1.65. The van der Waals surface area contributed by atoms with Crippen LogP contribution in [-0.2, 0) is 22.1 Å². The number of aromatic nitrogens is 4. The predicted molar refractivity (Wildman–Crippen MR) is 202 cm³/mol. The van der Waals surface area contributed by atoms with Gasteiger partial charge in [-0.1, -0.05) is 94.4 Å². The van der Waals surface area contributed by atoms with E-state index in [1.807, 2.05) is 6.07 Å². The molecule has 4 atom stereocenters. The highest BCUT2D eigenvalue weighted by Gasteiger charge is 2.63. The number of carbonyl (C=O) groups excluding carboxylic acids is 1. The highest BCUT2D eigenvalue weighted by Crippen LogP contribution is 2.50. The van der Waals surface area contributed by atoms with E-state index in [1.54, 1.807) is 35.2 Å². The van der Waals surface area contributed by atoms with E-state index in [-0.39, 0.29) is 50.9 Å². The van der Waals surface area contributed by atoms with Gasteiger partial charge in [-0.25, -0.2) is 4.98 Å². The molecule has 2 aliphatic rings. The molecule has 0 bridgehead atoms. The Labute approximate surface area is 299 Å². The quantitative estimate of drug-likeness (QED) is 0.212. The summed E-state index contributed by atoms with van der Waals surface area (Å²) in [4.78, 5) is 38.2. The van der Waals surface area contributed by atoms with E-state index in [2.05, 4.69) is 105 Å². The van der Waals surface area contributed by atoms with Gasteiger partial charge in [0.05, 0.1) is 12.9 Å². The number of hydrogen-bond acceptors (Lipinski definition) is 9. The Morgan fingerprint density at radius 1 is 1.00 bits per heavy atom. The number of rotatable bonds is 9. The zero-order valence-corrected chi connectivity index (χ0v) is 35.0. The van der Waals surface area contributed by atoms with Crippen molar-refractivity contribution < 1.29 is 26.9 Å². The van der Waals surface area contributed by atoms with Crippen molar-refractivity contribution in [1.82, 2.24) is 19.5 Å². The first-order valence-electron chi connectivity index (χ1n) is 17.9. The van der Waals surface area contributed by atoms with Gasteiger partial charge >= 0.3 is 17.1 Å². The molecule has 1 amide bonds. The van der Waals surface area contributed by atoms with Crippen molar-refractivity contribution in [3.05, 3.63) is 52.6 Å². The molecule has 2 saturated heterocycles. The third-order valence-corrected chi connectivity index (χ3v) is 25.6. The molecule has 0 radical (unpaired) electrons. The highest BCUT2D eigenvalue weighted by molar-refractivity contribution is 6.84. The van der Waals surface area contributed by atoms with Gasteiger partial charge in [-0.3, -0.25) is 24.5 Å². The topological polar surface area (TPSA) is 139 Å². The van der Waals surface area contributed by atoms with Crippen LogP contribution in [0.4, 0.5) is 5.95 Å². The van der Waals surface area contributed by atoms with Crippen LogP contribution >= 0.6 is 0 Å². The summed E-state index contributed by atoms with van der Waals surface area (Å²) in [6.07, 6.45) is -0.781. The minimum absolute atomic E-state index is 0.00709. The lowest BCUT2D eigenvalue weighted by Gasteiger charge is -2.52. The number of imidazole rings is 1. The molecule has 276 valence electrons. The maximum atomic E-state index is 13.3. The summed E-state index contributed by atoms with van der Waals surface area (Å²) >= 11 is 0. The van der Waals surface area contributed by atoms with Crippen LogP contribution in [0.5, 0.6) is 0 Å². The van der Waals surface area contributed by atoms with E-state index in [0.29, 0.717) is 5.56 Å². The molecule has 2 aliphatic heterocycles. The number of nitrogens with one attached hydrogen (secondary N) is 2. The Morgan fingerprint density at radius 3 is 2.16 bits per heavy atom.